The number of carbonyl (C=O) groups excluding carboxylic acids is 1. The highest BCUT2D eigenvalue weighted by Crippen LogP contribution is 2.23. The number of anilines is 1. The molecule has 0 radical (unpaired) electrons. The summed E-state index contributed by atoms with van der Waals surface area (Å²) in [4.78, 5) is 24.5. The van der Waals surface area contributed by atoms with Crippen LogP contribution in [0.15, 0.2) is 42.7 Å². The van der Waals surface area contributed by atoms with Crippen LogP contribution in [0.5, 0.6) is 0 Å². The van der Waals surface area contributed by atoms with Crippen LogP contribution in [-0.2, 0) is 0 Å². The summed E-state index contributed by atoms with van der Waals surface area (Å²) in [6, 6.07) is 9.42. The van der Waals surface area contributed by atoms with Crippen molar-refractivity contribution in [3.63, 3.8) is 0 Å². The van der Waals surface area contributed by atoms with Crippen molar-refractivity contribution in [2.45, 2.75) is 6.92 Å². The number of aromatic nitrogens is 3. The number of nitrogens with one attached hydrogen (secondary N) is 1. The van der Waals surface area contributed by atoms with Crippen LogP contribution in [0.4, 0.5) is 5.69 Å². The van der Waals surface area contributed by atoms with E-state index in [-0.39, 0.29) is 16.8 Å². The third-order valence-electron chi connectivity index (χ3n) is 2.93. The van der Waals surface area contributed by atoms with Gasteiger partial charge >= 0.3 is 0 Å². The molecule has 0 aliphatic heterocycles. The first-order valence-electron chi connectivity index (χ1n) is 6.29. The molecule has 0 fully saturated rings. The van der Waals surface area contributed by atoms with Gasteiger partial charge in [0.25, 0.3) is 5.91 Å². The summed E-state index contributed by atoms with van der Waals surface area (Å²) in [5, 5.41) is 3.88. The topological polar surface area (TPSA) is 67.8 Å². The lowest BCUT2D eigenvalue weighted by Crippen LogP contribution is -2.14. The van der Waals surface area contributed by atoms with Crippen LogP contribution in [0, 0.1) is 6.92 Å². The van der Waals surface area contributed by atoms with E-state index in [1.165, 1.54) is 12.4 Å². The van der Waals surface area contributed by atoms with Crippen LogP contribution in [0.1, 0.15) is 16.2 Å². The van der Waals surface area contributed by atoms with Gasteiger partial charge in [-0.15, -0.1) is 0 Å². The molecule has 1 aromatic carbocycles. The molecule has 3 rings (SSSR count). The molecule has 21 heavy (non-hydrogen) atoms. The fourth-order valence-electron chi connectivity index (χ4n) is 2.05. The van der Waals surface area contributed by atoms with Crippen molar-refractivity contribution in [2.75, 3.05) is 5.32 Å². The Morgan fingerprint density at radius 1 is 1.19 bits per heavy atom. The van der Waals surface area contributed by atoms with Gasteiger partial charge in [0.2, 0.25) is 0 Å². The first-order valence-corrected chi connectivity index (χ1v) is 6.66. The quantitative estimate of drug-likeness (QED) is 0.788. The van der Waals surface area contributed by atoms with Crippen LogP contribution in [-0.4, -0.2) is 20.9 Å². The van der Waals surface area contributed by atoms with Gasteiger partial charge in [-0.25, -0.2) is 4.98 Å². The first kappa shape index (κ1) is 13.5. The molecule has 104 valence electrons. The minimum Gasteiger partial charge on any atom is -0.320 e. The predicted octanol–water partition coefficient (Wildman–Crippen LogP) is 3.24. The van der Waals surface area contributed by atoms with E-state index < -0.39 is 0 Å². The second-order valence-corrected chi connectivity index (χ2v) is 4.90. The predicted molar refractivity (Wildman–Crippen MR) is 81.5 cm³/mol. The molecule has 0 saturated heterocycles. The number of amides is 1. The number of halogens is 1. The molecule has 0 unspecified atom stereocenters. The van der Waals surface area contributed by atoms with E-state index in [1.807, 2.05) is 37.3 Å². The average molecular weight is 299 g/mol. The van der Waals surface area contributed by atoms with Gasteiger partial charge in [0, 0.05) is 11.1 Å². The first-order chi connectivity index (χ1) is 10.1. The third kappa shape index (κ3) is 2.83. The van der Waals surface area contributed by atoms with Gasteiger partial charge in [0.1, 0.15) is 10.8 Å². The van der Waals surface area contributed by atoms with Crippen molar-refractivity contribution in [1.29, 1.82) is 0 Å². The van der Waals surface area contributed by atoms with Crippen molar-refractivity contribution in [1.82, 2.24) is 15.0 Å². The lowest BCUT2D eigenvalue weighted by Gasteiger charge is -2.09. The van der Waals surface area contributed by atoms with Crippen LogP contribution in [0.25, 0.3) is 10.9 Å². The van der Waals surface area contributed by atoms with Crippen molar-refractivity contribution in [3.8, 4) is 0 Å². The number of hydrogen-bond donors (Lipinski definition) is 1. The maximum absolute atomic E-state index is 12.2. The summed E-state index contributed by atoms with van der Waals surface area (Å²) in [5.41, 5.74) is 2.50. The Labute approximate surface area is 126 Å². The van der Waals surface area contributed by atoms with E-state index in [1.54, 1.807) is 0 Å². The summed E-state index contributed by atoms with van der Waals surface area (Å²) < 4.78 is 0. The Balaban J connectivity index is 2.00. The van der Waals surface area contributed by atoms with Crippen LogP contribution < -0.4 is 5.32 Å². The molecule has 2 aromatic heterocycles. The monoisotopic (exact) mass is 298 g/mol. The highest BCUT2D eigenvalue weighted by Gasteiger charge is 2.11. The molecule has 0 aliphatic rings. The van der Waals surface area contributed by atoms with E-state index >= 15 is 0 Å². The molecule has 2 heterocycles. The van der Waals surface area contributed by atoms with Gasteiger partial charge in [-0.1, -0.05) is 29.8 Å². The fraction of sp³-hybridized carbons (Fsp3) is 0.0667. The van der Waals surface area contributed by atoms with Crippen LogP contribution >= 0.6 is 11.6 Å². The second kappa shape index (κ2) is 5.46. The molecule has 6 heteroatoms. The third-order valence-corrected chi connectivity index (χ3v) is 3.11. The number of para-hydroxylation sites is 1. The summed E-state index contributed by atoms with van der Waals surface area (Å²) in [7, 11) is 0. The number of hydrogen-bond acceptors (Lipinski definition) is 4. The van der Waals surface area contributed by atoms with Gasteiger partial charge in [-0.3, -0.25) is 14.8 Å². The largest absolute Gasteiger partial charge is 0.320 e. The molecule has 0 aliphatic carbocycles. The van der Waals surface area contributed by atoms with E-state index in [2.05, 4.69) is 20.3 Å². The molecule has 0 spiro atoms. The summed E-state index contributed by atoms with van der Waals surface area (Å²) >= 11 is 5.75. The van der Waals surface area contributed by atoms with Crippen LogP contribution in [0.2, 0.25) is 5.15 Å². The van der Waals surface area contributed by atoms with Gasteiger partial charge in [-0.2, -0.15) is 0 Å². The van der Waals surface area contributed by atoms with E-state index in [0.29, 0.717) is 5.69 Å². The van der Waals surface area contributed by atoms with Crippen LogP contribution in [0.3, 0.4) is 0 Å². The summed E-state index contributed by atoms with van der Waals surface area (Å²) in [6.07, 6.45) is 2.75. The lowest BCUT2D eigenvalue weighted by molar-refractivity contribution is 0.102. The average Bonchev–Trinajstić information content (AvgIpc) is 2.47. The zero-order chi connectivity index (χ0) is 14.8. The minimum absolute atomic E-state index is 0.168. The molecule has 3 aromatic rings. The highest BCUT2D eigenvalue weighted by molar-refractivity contribution is 6.29. The molecular weight excluding hydrogens is 288 g/mol. The zero-order valence-electron chi connectivity index (χ0n) is 11.2. The maximum Gasteiger partial charge on any atom is 0.275 e. The second-order valence-electron chi connectivity index (χ2n) is 4.51. The Bertz CT molecular complexity index is 835. The number of carbonyl (C=O) groups is 1. The van der Waals surface area contributed by atoms with Crippen molar-refractivity contribution in [3.05, 3.63) is 59.3 Å². The number of fused-ring (bicyclic) bond motifs is 1. The van der Waals surface area contributed by atoms with Gasteiger partial charge in [0.15, 0.2) is 0 Å². The number of pyridine rings is 1. The highest BCUT2D eigenvalue weighted by atomic mass is 35.5. The van der Waals surface area contributed by atoms with Gasteiger partial charge < -0.3 is 5.32 Å². The fourth-order valence-corrected chi connectivity index (χ4v) is 2.20. The van der Waals surface area contributed by atoms with Gasteiger partial charge in [0.05, 0.1) is 23.6 Å². The molecular formula is C15H11ClN4O. The Kier molecular flexibility index (Phi) is 3.50. The smallest absolute Gasteiger partial charge is 0.275 e. The van der Waals surface area contributed by atoms with E-state index in [4.69, 9.17) is 11.6 Å². The molecule has 0 bridgehead atoms. The number of nitrogens with zero attached hydrogens (tertiary/aromatic N) is 3. The molecule has 0 atom stereocenters. The van der Waals surface area contributed by atoms with E-state index in [9.17, 15) is 4.79 Å². The summed E-state index contributed by atoms with van der Waals surface area (Å²) in [6.45, 7) is 1.88. The van der Waals surface area contributed by atoms with E-state index in [0.717, 1.165) is 16.6 Å². The van der Waals surface area contributed by atoms with Gasteiger partial charge in [-0.05, 0) is 19.1 Å². The summed E-state index contributed by atoms with van der Waals surface area (Å²) in [5.74, 6) is -0.360. The number of benzene rings is 1. The maximum atomic E-state index is 12.2. The number of aryl methyl sites for hydroxylation is 1. The molecule has 1 amide bonds. The minimum atomic E-state index is -0.360. The standard InChI is InChI=1S/C15H11ClN4O/c1-9-6-12(10-4-2-3-5-11(10)18-9)20-15(21)13-7-17-8-14(16)19-13/h2-8H,1H3,(H,18,20,21). The Hall–Kier alpha value is -2.53. The molecule has 5 nitrogen and oxygen atoms in total. The van der Waals surface area contributed by atoms with Crippen molar-refractivity contribution >= 4 is 34.1 Å². The Morgan fingerprint density at radius 2 is 2.00 bits per heavy atom. The Morgan fingerprint density at radius 3 is 2.81 bits per heavy atom. The lowest BCUT2D eigenvalue weighted by atomic mass is 10.1. The SMILES string of the molecule is Cc1cc(NC(=O)c2cncc(Cl)n2)c2ccccc2n1. The molecule has 1 N–H and O–H groups in total. The normalized spacial score (nSPS) is 10.6. The zero-order valence-corrected chi connectivity index (χ0v) is 11.9. The molecule has 0 saturated carbocycles. The van der Waals surface area contributed by atoms with Crippen molar-refractivity contribution in [2.24, 2.45) is 0 Å². The van der Waals surface area contributed by atoms with Crippen molar-refractivity contribution < 1.29 is 4.79 Å². The number of rotatable bonds is 2.